The normalized spacial score (nSPS) is 11.2. The van der Waals surface area contributed by atoms with Crippen molar-refractivity contribution < 1.29 is 17.9 Å². The first-order valence-corrected chi connectivity index (χ1v) is 7.25. The second-order valence-electron chi connectivity index (χ2n) is 3.32. The van der Waals surface area contributed by atoms with E-state index in [0.29, 0.717) is 0 Å². The van der Waals surface area contributed by atoms with Crippen LogP contribution in [0.3, 0.4) is 0 Å². The average Bonchev–Trinajstić information content (AvgIpc) is 2.92. The molecule has 0 N–H and O–H groups in total. The minimum absolute atomic E-state index is 0.00418. The number of thiazole rings is 1. The number of hydrogen-bond donors (Lipinski definition) is 0. The highest BCUT2D eigenvalue weighted by molar-refractivity contribution is 7.93. The van der Waals surface area contributed by atoms with E-state index >= 15 is 0 Å². The molecule has 0 spiro atoms. The predicted octanol–water partition coefficient (Wildman–Crippen LogP) is 1.76. The van der Waals surface area contributed by atoms with E-state index in [-0.39, 0.29) is 14.8 Å². The third-order valence-electron chi connectivity index (χ3n) is 2.20. The summed E-state index contributed by atoms with van der Waals surface area (Å²) in [5.74, 6) is -0.578. The number of ether oxygens (including phenoxy) is 1. The lowest BCUT2D eigenvalue weighted by molar-refractivity contribution is 0.0600. The van der Waals surface area contributed by atoms with Crippen molar-refractivity contribution in [1.82, 2.24) is 4.98 Å². The van der Waals surface area contributed by atoms with E-state index in [9.17, 15) is 13.2 Å². The molecule has 94 valence electrons. The lowest BCUT2D eigenvalue weighted by Gasteiger charge is -2.03. The number of sulfone groups is 1. The minimum atomic E-state index is -3.66. The van der Waals surface area contributed by atoms with Crippen molar-refractivity contribution in [3.63, 3.8) is 0 Å². The Morgan fingerprint density at radius 1 is 1.39 bits per heavy atom. The van der Waals surface area contributed by atoms with Crippen LogP contribution in [0.5, 0.6) is 0 Å². The van der Waals surface area contributed by atoms with Crippen LogP contribution in [0.15, 0.2) is 45.1 Å². The van der Waals surface area contributed by atoms with Gasteiger partial charge in [0.15, 0.2) is 0 Å². The quantitative estimate of drug-likeness (QED) is 0.802. The van der Waals surface area contributed by atoms with Crippen LogP contribution < -0.4 is 0 Å². The third-order valence-corrected chi connectivity index (χ3v) is 5.16. The monoisotopic (exact) mass is 283 g/mol. The summed E-state index contributed by atoms with van der Waals surface area (Å²) in [5.41, 5.74) is 0.190. The maximum atomic E-state index is 12.2. The van der Waals surface area contributed by atoms with Crippen LogP contribution in [0.2, 0.25) is 0 Å². The number of hydrogen-bond acceptors (Lipinski definition) is 6. The van der Waals surface area contributed by atoms with Crippen molar-refractivity contribution in [3.8, 4) is 0 Å². The molecule has 1 aromatic carbocycles. The molecule has 18 heavy (non-hydrogen) atoms. The molecule has 0 fully saturated rings. The fraction of sp³-hybridized carbons (Fsp3) is 0.0909. The number of esters is 1. The summed E-state index contributed by atoms with van der Waals surface area (Å²) in [5, 5.41) is 1.58. The Kier molecular flexibility index (Phi) is 3.44. The Hall–Kier alpha value is -1.73. The van der Waals surface area contributed by atoms with Gasteiger partial charge < -0.3 is 4.74 Å². The molecule has 0 aliphatic carbocycles. The molecule has 0 bridgehead atoms. The number of methoxy groups -OCH3 is 1. The van der Waals surface area contributed by atoms with E-state index in [1.165, 1.54) is 37.6 Å². The molecular weight excluding hydrogens is 274 g/mol. The van der Waals surface area contributed by atoms with Gasteiger partial charge in [0.05, 0.1) is 17.6 Å². The first-order valence-electron chi connectivity index (χ1n) is 4.88. The van der Waals surface area contributed by atoms with Crippen LogP contribution in [0.1, 0.15) is 10.4 Å². The van der Waals surface area contributed by atoms with Crippen molar-refractivity contribution in [3.05, 3.63) is 41.4 Å². The molecular formula is C11H9NO4S2. The Bertz CT molecular complexity index is 662. The van der Waals surface area contributed by atoms with Gasteiger partial charge in [-0.3, -0.25) is 0 Å². The van der Waals surface area contributed by atoms with Crippen molar-refractivity contribution in [2.45, 2.75) is 9.24 Å². The molecule has 0 atom stereocenters. The Labute approximate surface area is 108 Å². The Morgan fingerprint density at radius 2 is 2.17 bits per heavy atom. The van der Waals surface area contributed by atoms with Crippen molar-refractivity contribution in [2.75, 3.05) is 7.11 Å². The first-order chi connectivity index (χ1) is 8.55. The number of nitrogens with zero attached hydrogens (tertiary/aromatic N) is 1. The standard InChI is InChI=1S/C11H9NO4S2/c1-16-10(13)8-3-2-4-9(7-8)18(14,15)11-12-5-6-17-11/h2-7H,1H3. The van der Waals surface area contributed by atoms with Gasteiger partial charge in [0.25, 0.3) is 0 Å². The lowest BCUT2D eigenvalue weighted by atomic mass is 10.2. The van der Waals surface area contributed by atoms with Gasteiger partial charge in [-0.15, -0.1) is 11.3 Å². The maximum Gasteiger partial charge on any atom is 0.337 e. The molecule has 2 aromatic rings. The smallest absolute Gasteiger partial charge is 0.337 e. The lowest BCUT2D eigenvalue weighted by Crippen LogP contribution is -2.05. The zero-order valence-corrected chi connectivity index (χ0v) is 11.0. The van der Waals surface area contributed by atoms with Gasteiger partial charge in [-0.2, -0.15) is 0 Å². The van der Waals surface area contributed by atoms with Gasteiger partial charge in [-0.25, -0.2) is 18.2 Å². The van der Waals surface area contributed by atoms with E-state index < -0.39 is 15.8 Å². The molecule has 7 heteroatoms. The molecule has 1 aromatic heterocycles. The number of rotatable bonds is 3. The van der Waals surface area contributed by atoms with E-state index in [1.54, 1.807) is 5.38 Å². The first kappa shape index (κ1) is 12.7. The second kappa shape index (κ2) is 4.87. The highest BCUT2D eigenvalue weighted by atomic mass is 32.2. The number of carbonyl (C=O) groups excluding carboxylic acids is 1. The fourth-order valence-electron chi connectivity index (χ4n) is 1.35. The summed E-state index contributed by atoms with van der Waals surface area (Å²) in [6.45, 7) is 0. The summed E-state index contributed by atoms with van der Waals surface area (Å²) in [4.78, 5) is 15.2. The summed E-state index contributed by atoms with van der Waals surface area (Å²) >= 11 is 1.03. The molecule has 1 heterocycles. The maximum absolute atomic E-state index is 12.2. The minimum Gasteiger partial charge on any atom is -0.465 e. The molecule has 5 nitrogen and oxygen atoms in total. The van der Waals surface area contributed by atoms with Gasteiger partial charge >= 0.3 is 5.97 Å². The zero-order chi connectivity index (χ0) is 13.2. The van der Waals surface area contributed by atoms with E-state index in [4.69, 9.17) is 0 Å². The van der Waals surface area contributed by atoms with Crippen molar-refractivity contribution in [2.24, 2.45) is 0 Å². The summed E-state index contributed by atoms with van der Waals surface area (Å²) < 4.78 is 28.9. The molecule has 0 aliphatic heterocycles. The summed E-state index contributed by atoms with van der Waals surface area (Å²) in [7, 11) is -2.42. The summed E-state index contributed by atoms with van der Waals surface area (Å²) in [6, 6.07) is 5.69. The van der Waals surface area contributed by atoms with Crippen LogP contribution in [0.4, 0.5) is 0 Å². The van der Waals surface area contributed by atoms with Gasteiger partial charge in [-0.05, 0) is 18.2 Å². The van der Waals surface area contributed by atoms with Crippen LogP contribution >= 0.6 is 11.3 Å². The van der Waals surface area contributed by atoms with Gasteiger partial charge in [0.2, 0.25) is 14.2 Å². The SMILES string of the molecule is COC(=O)c1cccc(S(=O)(=O)c2nccs2)c1. The number of carbonyl (C=O) groups is 1. The van der Waals surface area contributed by atoms with Crippen LogP contribution in [-0.2, 0) is 14.6 Å². The summed E-state index contributed by atoms with van der Waals surface area (Å²) in [6.07, 6.45) is 1.42. The molecule has 0 amide bonds. The fourth-order valence-corrected chi connectivity index (χ4v) is 3.61. The van der Waals surface area contributed by atoms with Crippen LogP contribution in [0.25, 0.3) is 0 Å². The van der Waals surface area contributed by atoms with E-state index in [1.807, 2.05) is 0 Å². The molecule has 0 saturated carbocycles. The molecule has 0 radical (unpaired) electrons. The van der Waals surface area contributed by atoms with Gasteiger partial charge in [-0.1, -0.05) is 6.07 Å². The largest absolute Gasteiger partial charge is 0.465 e. The van der Waals surface area contributed by atoms with Crippen LogP contribution in [-0.4, -0.2) is 26.5 Å². The van der Waals surface area contributed by atoms with E-state index in [0.717, 1.165) is 11.3 Å². The molecule has 0 saturated heterocycles. The second-order valence-corrected chi connectivity index (χ2v) is 6.34. The van der Waals surface area contributed by atoms with Crippen LogP contribution in [0, 0.1) is 0 Å². The molecule has 2 rings (SSSR count). The van der Waals surface area contributed by atoms with Gasteiger partial charge in [0, 0.05) is 11.6 Å². The Morgan fingerprint density at radius 3 is 2.78 bits per heavy atom. The topological polar surface area (TPSA) is 73.3 Å². The highest BCUT2D eigenvalue weighted by Gasteiger charge is 2.21. The molecule has 0 aliphatic rings. The third kappa shape index (κ3) is 2.27. The number of aromatic nitrogens is 1. The van der Waals surface area contributed by atoms with Crippen molar-refractivity contribution in [1.29, 1.82) is 0 Å². The Balaban J connectivity index is 2.50. The molecule has 0 unspecified atom stereocenters. The highest BCUT2D eigenvalue weighted by Crippen LogP contribution is 2.23. The number of benzene rings is 1. The van der Waals surface area contributed by atoms with E-state index in [2.05, 4.69) is 9.72 Å². The van der Waals surface area contributed by atoms with Crippen molar-refractivity contribution >= 4 is 27.1 Å². The van der Waals surface area contributed by atoms with Gasteiger partial charge in [0.1, 0.15) is 0 Å². The zero-order valence-electron chi connectivity index (χ0n) is 9.36. The predicted molar refractivity (Wildman–Crippen MR) is 65.3 cm³/mol. The average molecular weight is 283 g/mol.